The molecule has 0 unspecified atom stereocenters. The van der Waals surface area contributed by atoms with Gasteiger partial charge in [-0.1, -0.05) is 6.07 Å². The van der Waals surface area contributed by atoms with Gasteiger partial charge in [0, 0.05) is 11.9 Å². The first kappa shape index (κ1) is 13.0. The molecule has 5 heteroatoms. The number of amides is 1. The molecule has 0 saturated carbocycles. The fraction of sp³-hybridized carbons (Fsp3) is 0.214. The SMILES string of the molecule is CCOc1cc(C)ccc1NC(=O)c1cc(N)c[nH]1. The van der Waals surface area contributed by atoms with E-state index in [0.717, 1.165) is 5.56 Å². The summed E-state index contributed by atoms with van der Waals surface area (Å²) in [4.78, 5) is 14.8. The van der Waals surface area contributed by atoms with Crippen LogP contribution in [-0.2, 0) is 0 Å². The lowest BCUT2D eigenvalue weighted by Gasteiger charge is -2.11. The Hall–Kier alpha value is -2.43. The van der Waals surface area contributed by atoms with Gasteiger partial charge in [-0.2, -0.15) is 0 Å². The number of anilines is 2. The minimum atomic E-state index is -0.249. The Morgan fingerprint density at radius 1 is 1.42 bits per heavy atom. The van der Waals surface area contributed by atoms with E-state index < -0.39 is 0 Å². The minimum absolute atomic E-state index is 0.249. The molecule has 0 aliphatic rings. The van der Waals surface area contributed by atoms with Gasteiger partial charge in [-0.15, -0.1) is 0 Å². The van der Waals surface area contributed by atoms with Crippen LogP contribution in [-0.4, -0.2) is 17.5 Å². The molecule has 1 aromatic carbocycles. The average Bonchev–Trinajstić information content (AvgIpc) is 2.80. The fourth-order valence-corrected chi connectivity index (χ4v) is 1.74. The number of nitrogens with one attached hydrogen (secondary N) is 2. The van der Waals surface area contributed by atoms with Crippen LogP contribution in [0.4, 0.5) is 11.4 Å². The maximum Gasteiger partial charge on any atom is 0.272 e. The van der Waals surface area contributed by atoms with Crippen LogP contribution in [0.3, 0.4) is 0 Å². The molecule has 1 heterocycles. The Bertz CT molecular complexity index is 590. The molecule has 2 rings (SSSR count). The number of nitrogen functional groups attached to an aromatic ring is 1. The molecule has 0 saturated heterocycles. The van der Waals surface area contributed by atoms with Crippen LogP contribution < -0.4 is 15.8 Å². The van der Waals surface area contributed by atoms with Crippen molar-refractivity contribution in [2.24, 2.45) is 0 Å². The molecule has 0 bridgehead atoms. The maximum atomic E-state index is 12.0. The van der Waals surface area contributed by atoms with Gasteiger partial charge >= 0.3 is 0 Å². The molecule has 2 aromatic rings. The summed E-state index contributed by atoms with van der Waals surface area (Å²) in [7, 11) is 0. The summed E-state index contributed by atoms with van der Waals surface area (Å²) >= 11 is 0. The third kappa shape index (κ3) is 3.07. The van der Waals surface area contributed by atoms with Crippen molar-refractivity contribution < 1.29 is 9.53 Å². The first-order valence-electron chi connectivity index (χ1n) is 6.09. The van der Waals surface area contributed by atoms with Crippen LogP contribution in [0.5, 0.6) is 5.75 Å². The van der Waals surface area contributed by atoms with Crippen LogP contribution in [0.2, 0.25) is 0 Å². The van der Waals surface area contributed by atoms with Crippen molar-refractivity contribution in [2.75, 3.05) is 17.7 Å². The number of aromatic amines is 1. The zero-order valence-corrected chi connectivity index (χ0v) is 11.0. The fourth-order valence-electron chi connectivity index (χ4n) is 1.74. The topological polar surface area (TPSA) is 80.1 Å². The zero-order valence-electron chi connectivity index (χ0n) is 11.0. The standard InChI is InChI=1S/C14H17N3O2/c1-3-19-13-6-9(2)4-5-11(13)17-14(18)12-7-10(15)8-16-12/h4-8,16H,3,15H2,1-2H3,(H,17,18). The molecule has 4 N–H and O–H groups in total. The van der Waals surface area contributed by atoms with Crippen molar-refractivity contribution in [2.45, 2.75) is 13.8 Å². The summed E-state index contributed by atoms with van der Waals surface area (Å²) in [5.41, 5.74) is 8.23. The second-order valence-corrected chi connectivity index (χ2v) is 4.23. The lowest BCUT2D eigenvalue weighted by molar-refractivity contribution is 0.102. The predicted octanol–water partition coefficient (Wildman–Crippen LogP) is 2.56. The highest BCUT2D eigenvalue weighted by Crippen LogP contribution is 2.26. The first-order chi connectivity index (χ1) is 9.10. The normalized spacial score (nSPS) is 10.2. The third-order valence-corrected chi connectivity index (χ3v) is 2.64. The van der Waals surface area contributed by atoms with E-state index in [0.29, 0.717) is 29.4 Å². The second-order valence-electron chi connectivity index (χ2n) is 4.23. The molecule has 0 aliphatic heterocycles. The molecule has 0 aliphatic carbocycles. The Morgan fingerprint density at radius 3 is 2.84 bits per heavy atom. The molecule has 0 atom stereocenters. The number of hydrogen-bond acceptors (Lipinski definition) is 3. The summed E-state index contributed by atoms with van der Waals surface area (Å²) in [5.74, 6) is 0.414. The van der Waals surface area contributed by atoms with E-state index in [9.17, 15) is 4.79 Å². The molecule has 1 aromatic heterocycles. The number of nitrogens with two attached hydrogens (primary N) is 1. The Labute approximate surface area is 111 Å². The van der Waals surface area contributed by atoms with Crippen LogP contribution in [0.25, 0.3) is 0 Å². The van der Waals surface area contributed by atoms with E-state index >= 15 is 0 Å². The highest BCUT2D eigenvalue weighted by molar-refractivity contribution is 6.04. The number of H-pyrrole nitrogens is 1. The molecule has 0 fully saturated rings. The van der Waals surface area contributed by atoms with Crippen molar-refractivity contribution >= 4 is 17.3 Å². The molecule has 0 radical (unpaired) electrons. The minimum Gasteiger partial charge on any atom is -0.492 e. The van der Waals surface area contributed by atoms with Crippen molar-refractivity contribution in [3.63, 3.8) is 0 Å². The van der Waals surface area contributed by atoms with Crippen molar-refractivity contribution in [3.8, 4) is 5.75 Å². The predicted molar refractivity (Wildman–Crippen MR) is 75.5 cm³/mol. The number of ether oxygens (including phenoxy) is 1. The van der Waals surface area contributed by atoms with E-state index in [2.05, 4.69) is 10.3 Å². The van der Waals surface area contributed by atoms with Gasteiger partial charge in [0.1, 0.15) is 11.4 Å². The second kappa shape index (κ2) is 5.48. The summed E-state index contributed by atoms with van der Waals surface area (Å²) in [6.45, 7) is 4.42. The summed E-state index contributed by atoms with van der Waals surface area (Å²) in [5, 5.41) is 2.80. The van der Waals surface area contributed by atoms with E-state index in [1.807, 2.05) is 32.0 Å². The number of aromatic nitrogens is 1. The largest absolute Gasteiger partial charge is 0.492 e. The van der Waals surface area contributed by atoms with E-state index in [1.54, 1.807) is 12.3 Å². The molecule has 0 spiro atoms. The van der Waals surface area contributed by atoms with Crippen molar-refractivity contribution in [1.82, 2.24) is 4.98 Å². The number of benzene rings is 1. The molecular formula is C14H17N3O2. The summed E-state index contributed by atoms with van der Waals surface area (Å²) < 4.78 is 5.51. The molecule has 19 heavy (non-hydrogen) atoms. The van der Waals surface area contributed by atoms with Gasteiger partial charge in [0.15, 0.2) is 0 Å². The highest BCUT2D eigenvalue weighted by atomic mass is 16.5. The van der Waals surface area contributed by atoms with E-state index in [1.165, 1.54) is 0 Å². The van der Waals surface area contributed by atoms with Gasteiger partial charge in [0.2, 0.25) is 0 Å². The van der Waals surface area contributed by atoms with Crippen LogP contribution in [0.1, 0.15) is 23.0 Å². The van der Waals surface area contributed by atoms with Gasteiger partial charge < -0.3 is 20.8 Å². The van der Waals surface area contributed by atoms with E-state index in [4.69, 9.17) is 10.5 Å². The van der Waals surface area contributed by atoms with Crippen LogP contribution >= 0.6 is 0 Å². The van der Waals surface area contributed by atoms with Gasteiger partial charge in [0.25, 0.3) is 5.91 Å². The lowest BCUT2D eigenvalue weighted by atomic mass is 10.2. The molecular weight excluding hydrogens is 242 g/mol. The molecule has 5 nitrogen and oxygen atoms in total. The maximum absolute atomic E-state index is 12.0. The van der Waals surface area contributed by atoms with Crippen molar-refractivity contribution in [1.29, 1.82) is 0 Å². The number of rotatable bonds is 4. The Kier molecular flexibility index (Phi) is 3.75. The molecule has 100 valence electrons. The number of aryl methyl sites for hydroxylation is 1. The van der Waals surface area contributed by atoms with Gasteiger partial charge in [-0.25, -0.2) is 0 Å². The molecule has 1 amide bonds. The van der Waals surface area contributed by atoms with Crippen molar-refractivity contribution in [3.05, 3.63) is 41.7 Å². The van der Waals surface area contributed by atoms with Crippen LogP contribution in [0.15, 0.2) is 30.5 Å². The number of carbonyl (C=O) groups is 1. The zero-order chi connectivity index (χ0) is 13.8. The Morgan fingerprint density at radius 2 is 2.21 bits per heavy atom. The quantitative estimate of drug-likeness (QED) is 0.789. The number of carbonyl (C=O) groups excluding carboxylic acids is 1. The highest BCUT2D eigenvalue weighted by Gasteiger charge is 2.11. The van der Waals surface area contributed by atoms with Gasteiger partial charge in [-0.3, -0.25) is 4.79 Å². The smallest absolute Gasteiger partial charge is 0.272 e. The third-order valence-electron chi connectivity index (χ3n) is 2.64. The van der Waals surface area contributed by atoms with Crippen LogP contribution in [0, 0.1) is 6.92 Å². The van der Waals surface area contributed by atoms with Gasteiger partial charge in [0.05, 0.1) is 12.3 Å². The Balaban J connectivity index is 2.20. The summed E-state index contributed by atoms with van der Waals surface area (Å²) in [6, 6.07) is 7.22. The first-order valence-corrected chi connectivity index (χ1v) is 6.09. The average molecular weight is 259 g/mol. The summed E-state index contributed by atoms with van der Waals surface area (Å²) in [6.07, 6.45) is 1.58. The van der Waals surface area contributed by atoms with Gasteiger partial charge in [-0.05, 0) is 37.6 Å². The monoisotopic (exact) mass is 259 g/mol. The number of hydrogen-bond donors (Lipinski definition) is 3. The lowest BCUT2D eigenvalue weighted by Crippen LogP contribution is -2.13. The van der Waals surface area contributed by atoms with E-state index in [-0.39, 0.29) is 5.91 Å².